The number of aliphatic hydroxyl groups is 1. The van der Waals surface area contributed by atoms with Gasteiger partial charge in [0.1, 0.15) is 0 Å². The van der Waals surface area contributed by atoms with Crippen LogP contribution in [0.15, 0.2) is 93.8 Å². The van der Waals surface area contributed by atoms with E-state index in [0.717, 1.165) is 82.0 Å². The third kappa shape index (κ3) is 6.33. The van der Waals surface area contributed by atoms with Gasteiger partial charge in [-0.05, 0) is 110 Å². The fourth-order valence-corrected chi connectivity index (χ4v) is 6.78. The van der Waals surface area contributed by atoms with Crippen molar-refractivity contribution in [3.8, 4) is 0 Å². The fourth-order valence-electron chi connectivity index (χ4n) is 6.78. The molecule has 2 heterocycles. The van der Waals surface area contributed by atoms with Crippen LogP contribution in [0.5, 0.6) is 0 Å². The third-order valence-electron chi connectivity index (χ3n) is 9.30. The van der Waals surface area contributed by atoms with Crippen LogP contribution in [0.1, 0.15) is 89.2 Å². The zero-order valence-electron chi connectivity index (χ0n) is 24.7. The first kappa shape index (κ1) is 27.9. The van der Waals surface area contributed by atoms with Crippen molar-refractivity contribution in [3.63, 3.8) is 0 Å². The minimum Gasteiger partial charge on any atom is -0.385 e. The fraction of sp³-hybridized carbons (Fsp3) is 0.459. The number of fused-ring (bicyclic) bond motifs is 1. The van der Waals surface area contributed by atoms with E-state index in [1.807, 2.05) is 12.4 Å². The van der Waals surface area contributed by atoms with Gasteiger partial charge in [0.2, 0.25) is 0 Å². The number of hydrogen-bond acceptors (Lipinski definition) is 4. The van der Waals surface area contributed by atoms with Gasteiger partial charge < -0.3 is 10.0 Å². The predicted octanol–water partition coefficient (Wildman–Crippen LogP) is 7.99. The Balaban J connectivity index is 1.18. The van der Waals surface area contributed by atoms with Crippen molar-refractivity contribution in [2.24, 2.45) is 16.8 Å². The molecule has 1 atom stereocenters. The zero-order valence-corrected chi connectivity index (χ0v) is 24.7. The lowest BCUT2D eigenvalue weighted by Gasteiger charge is -2.33. The molecule has 4 heteroatoms. The van der Waals surface area contributed by atoms with E-state index in [9.17, 15) is 9.90 Å². The minimum absolute atomic E-state index is 0.307. The molecule has 0 radical (unpaired) electrons. The number of Topliss-reactive ketones (excluding diaryl/α,β-unsaturated/α-hetero) is 1. The first-order chi connectivity index (χ1) is 19.9. The summed E-state index contributed by atoms with van der Waals surface area (Å²) >= 11 is 0. The van der Waals surface area contributed by atoms with Crippen molar-refractivity contribution in [3.05, 3.63) is 100.0 Å². The molecule has 0 saturated heterocycles. The second-order valence-corrected chi connectivity index (χ2v) is 12.9. The van der Waals surface area contributed by atoms with E-state index < -0.39 is 5.60 Å². The Hall–Kier alpha value is -3.24. The highest BCUT2D eigenvalue weighted by molar-refractivity contribution is 5.98. The first-order valence-corrected chi connectivity index (χ1v) is 15.7. The molecule has 0 aromatic heterocycles. The highest BCUT2D eigenvalue weighted by atomic mass is 16.3. The quantitative estimate of drug-likeness (QED) is 0.351. The molecule has 4 nitrogen and oxygen atoms in total. The molecular weight excluding hydrogens is 504 g/mol. The first-order valence-electron chi connectivity index (χ1n) is 15.7. The van der Waals surface area contributed by atoms with Crippen LogP contribution in [-0.2, 0) is 10.4 Å². The van der Waals surface area contributed by atoms with Crippen LogP contribution in [-0.4, -0.2) is 35.1 Å². The number of benzene rings is 1. The second kappa shape index (κ2) is 11.9. The Bertz CT molecular complexity index is 1390. The monoisotopic (exact) mass is 548 g/mol. The number of hydrogen-bond donors (Lipinski definition) is 1. The number of rotatable bonds is 7. The third-order valence-corrected chi connectivity index (χ3v) is 9.30. The number of allylic oxidation sites excluding steroid dienone is 7. The van der Waals surface area contributed by atoms with Gasteiger partial charge in [-0.2, -0.15) is 0 Å². The van der Waals surface area contributed by atoms with Crippen LogP contribution in [0, 0.1) is 11.8 Å². The molecule has 214 valence electrons. The molecule has 1 fully saturated rings. The topological polar surface area (TPSA) is 52.9 Å². The van der Waals surface area contributed by atoms with Crippen molar-refractivity contribution >= 4 is 17.6 Å². The van der Waals surface area contributed by atoms with Crippen molar-refractivity contribution < 1.29 is 9.90 Å². The normalized spacial score (nSPS) is 26.3. The molecule has 0 amide bonds. The average Bonchev–Trinajstić information content (AvgIpc) is 3.82. The van der Waals surface area contributed by atoms with Crippen LogP contribution in [0.3, 0.4) is 0 Å². The van der Waals surface area contributed by atoms with Crippen molar-refractivity contribution in [2.45, 2.75) is 83.7 Å². The summed E-state index contributed by atoms with van der Waals surface area (Å²) in [5.41, 5.74) is 8.92. The van der Waals surface area contributed by atoms with E-state index in [1.165, 1.54) is 33.6 Å². The van der Waals surface area contributed by atoms with Crippen LogP contribution in [0.2, 0.25) is 0 Å². The summed E-state index contributed by atoms with van der Waals surface area (Å²) in [4.78, 5) is 19.7. The standard InChI is InChI=1S/C37H44N2O2/c1-26(2)23-27-15-18-37(41,19-16-27)33-13-11-28(12-14-33)31-9-10-32-25-38-20-17-35(34(32)24-31)39-21-3-5-29(6-4-22-39)36(40)30-7-8-30/h5,9,11-15,17,20,24-26,30,41H,3-4,6-8,10,16,18-19,21-23H2,1-2H3/b29-5-. The molecule has 5 aliphatic rings. The molecule has 3 aliphatic carbocycles. The smallest absolute Gasteiger partial charge is 0.161 e. The van der Waals surface area contributed by atoms with Crippen LogP contribution in [0.25, 0.3) is 5.57 Å². The molecule has 1 aromatic carbocycles. The number of aliphatic imine (C=N–C) groups is 1. The highest BCUT2D eigenvalue weighted by Gasteiger charge is 2.33. The molecule has 1 N–H and O–H groups in total. The summed E-state index contributed by atoms with van der Waals surface area (Å²) in [6.07, 6.45) is 24.5. The number of carbonyl (C=O) groups excluding carboxylic acids is 1. The Morgan fingerprint density at radius 1 is 1.10 bits per heavy atom. The summed E-state index contributed by atoms with van der Waals surface area (Å²) in [7, 11) is 0. The summed E-state index contributed by atoms with van der Waals surface area (Å²) in [5, 5.41) is 11.5. The summed E-state index contributed by atoms with van der Waals surface area (Å²) in [6.45, 7) is 6.37. The van der Waals surface area contributed by atoms with Gasteiger partial charge >= 0.3 is 0 Å². The van der Waals surface area contributed by atoms with Gasteiger partial charge in [0, 0.05) is 42.7 Å². The molecule has 0 spiro atoms. The van der Waals surface area contributed by atoms with Crippen LogP contribution < -0.4 is 0 Å². The Morgan fingerprint density at radius 3 is 2.66 bits per heavy atom. The van der Waals surface area contributed by atoms with Gasteiger partial charge in [-0.25, -0.2) is 0 Å². The molecule has 6 rings (SSSR count). The number of ketones is 1. The molecule has 1 saturated carbocycles. The van der Waals surface area contributed by atoms with Crippen molar-refractivity contribution in [1.29, 1.82) is 0 Å². The molecule has 41 heavy (non-hydrogen) atoms. The Labute approximate surface area is 245 Å². The largest absolute Gasteiger partial charge is 0.385 e. The van der Waals surface area contributed by atoms with Gasteiger partial charge in [-0.15, -0.1) is 0 Å². The SMILES string of the molecule is CC(C)CC1=CCC(O)(c2ccc(C3=CCC4=CN=CC=C(N5CC/C=C(\C(=O)C6CC6)CCC5)C4=C3)cc2)CC1. The summed E-state index contributed by atoms with van der Waals surface area (Å²) in [5.74, 6) is 1.37. The van der Waals surface area contributed by atoms with E-state index >= 15 is 0 Å². The van der Waals surface area contributed by atoms with Crippen molar-refractivity contribution in [1.82, 2.24) is 4.90 Å². The molecule has 1 unspecified atom stereocenters. The van der Waals surface area contributed by atoms with Gasteiger partial charge in [-0.1, -0.05) is 61.9 Å². The van der Waals surface area contributed by atoms with E-state index in [0.29, 0.717) is 24.0 Å². The zero-order chi connectivity index (χ0) is 28.4. The molecule has 1 aromatic rings. The maximum absolute atomic E-state index is 12.6. The van der Waals surface area contributed by atoms with Crippen molar-refractivity contribution in [2.75, 3.05) is 13.1 Å². The van der Waals surface area contributed by atoms with Gasteiger partial charge in [-0.3, -0.25) is 9.79 Å². The maximum atomic E-state index is 12.6. The van der Waals surface area contributed by atoms with Gasteiger partial charge in [0.05, 0.1) is 5.60 Å². The second-order valence-electron chi connectivity index (χ2n) is 12.9. The lowest BCUT2D eigenvalue weighted by Crippen LogP contribution is -2.29. The highest BCUT2D eigenvalue weighted by Crippen LogP contribution is 2.40. The average molecular weight is 549 g/mol. The van der Waals surface area contributed by atoms with Gasteiger partial charge in [0.25, 0.3) is 0 Å². The van der Waals surface area contributed by atoms with Gasteiger partial charge in [0.15, 0.2) is 5.78 Å². The summed E-state index contributed by atoms with van der Waals surface area (Å²) < 4.78 is 0. The molecule has 2 aliphatic heterocycles. The summed E-state index contributed by atoms with van der Waals surface area (Å²) in [6, 6.07) is 8.60. The Morgan fingerprint density at radius 2 is 1.93 bits per heavy atom. The van der Waals surface area contributed by atoms with Crippen LogP contribution >= 0.6 is 0 Å². The lowest BCUT2D eigenvalue weighted by molar-refractivity contribution is -0.116. The number of carbonyl (C=O) groups is 1. The maximum Gasteiger partial charge on any atom is 0.161 e. The predicted molar refractivity (Wildman–Crippen MR) is 168 cm³/mol. The molecular formula is C37H44N2O2. The van der Waals surface area contributed by atoms with Crippen LogP contribution in [0.4, 0.5) is 0 Å². The van der Waals surface area contributed by atoms with E-state index in [2.05, 4.69) is 78.4 Å². The van der Waals surface area contributed by atoms with E-state index in [-0.39, 0.29) is 0 Å². The lowest BCUT2D eigenvalue weighted by atomic mass is 9.78. The van der Waals surface area contributed by atoms with E-state index in [4.69, 9.17) is 0 Å². The van der Waals surface area contributed by atoms with E-state index in [1.54, 1.807) is 0 Å². The minimum atomic E-state index is -0.772. The Kier molecular flexibility index (Phi) is 8.12. The number of nitrogens with zero attached hydrogens (tertiary/aromatic N) is 2. The molecule has 0 bridgehead atoms.